The van der Waals surface area contributed by atoms with Gasteiger partial charge in [0.1, 0.15) is 11.4 Å². The molecule has 0 amide bonds. The van der Waals surface area contributed by atoms with Gasteiger partial charge in [0.15, 0.2) is 0 Å². The maximum atomic E-state index is 8.90. The van der Waals surface area contributed by atoms with Crippen LogP contribution in [0.15, 0.2) is 54.6 Å². The Balaban J connectivity index is 1.78. The van der Waals surface area contributed by atoms with Gasteiger partial charge in [0.25, 0.3) is 0 Å². The Labute approximate surface area is 122 Å². The van der Waals surface area contributed by atoms with E-state index in [0.717, 1.165) is 22.6 Å². The second-order valence-electron chi connectivity index (χ2n) is 4.53. The number of nitriles is 1. The number of nitrogens with one attached hydrogen (secondary N) is 2. The molecule has 2 N–H and O–H groups in total. The summed E-state index contributed by atoms with van der Waals surface area (Å²) in [4.78, 5) is 0. The summed E-state index contributed by atoms with van der Waals surface area (Å²) < 4.78 is 0. The lowest BCUT2D eigenvalue weighted by molar-refractivity contribution is 0.911. The van der Waals surface area contributed by atoms with Gasteiger partial charge in [0, 0.05) is 11.3 Å². The van der Waals surface area contributed by atoms with Crippen LogP contribution in [0.3, 0.4) is 0 Å². The standard InChI is InChI=1S/C16H13N5/c17-10-12-5-4-8-14(9-12)18-11-15-16(20-21-19-15)13-6-2-1-3-7-13/h1-9,18H,11H2,(H,19,20,21). The first kappa shape index (κ1) is 12.9. The fraction of sp³-hybridized carbons (Fsp3) is 0.0625. The van der Waals surface area contributed by atoms with Crippen LogP contribution in [-0.2, 0) is 6.54 Å². The minimum atomic E-state index is 0.537. The molecule has 0 spiro atoms. The van der Waals surface area contributed by atoms with Gasteiger partial charge in [-0.25, -0.2) is 0 Å². The van der Waals surface area contributed by atoms with Crippen LogP contribution < -0.4 is 5.32 Å². The molecule has 3 rings (SSSR count). The Morgan fingerprint density at radius 2 is 1.90 bits per heavy atom. The van der Waals surface area contributed by atoms with E-state index in [4.69, 9.17) is 5.26 Å². The number of aromatic nitrogens is 3. The second-order valence-corrected chi connectivity index (χ2v) is 4.53. The van der Waals surface area contributed by atoms with E-state index in [9.17, 15) is 0 Å². The molecule has 102 valence electrons. The third-order valence-corrected chi connectivity index (χ3v) is 3.12. The minimum Gasteiger partial charge on any atom is -0.379 e. The van der Waals surface area contributed by atoms with Gasteiger partial charge in [0.2, 0.25) is 0 Å². The first-order valence-corrected chi connectivity index (χ1v) is 6.56. The predicted molar refractivity (Wildman–Crippen MR) is 80.3 cm³/mol. The third-order valence-electron chi connectivity index (χ3n) is 3.12. The molecule has 0 bridgehead atoms. The lowest BCUT2D eigenvalue weighted by Gasteiger charge is -2.06. The van der Waals surface area contributed by atoms with Gasteiger partial charge in [-0.2, -0.15) is 20.7 Å². The van der Waals surface area contributed by atoms with E-state index < -0.39 is 0 Å². The molecule has 21 heavy (non-hydrogen) atoms. The number of hydrogen-bond donors (Lipinski definition) is 2. The molecule has 5 heteroatoms. The number of benzene rings is 2. The number of aromatic amines is 1. The molecule has 1 heterocycles. The number of anilines is 1. The zero-order chi connectivity index (χ0) is 14.5. The van der Waals surface area contributed by atoms with E-state index in [2.05, 4.69) is 26.8 Å². The summed E-state index contributed by atoms with van der Waals surface area (Å²) in [6.07, 6.45) is 0. The quantitative estimate of drug-likeness (QED) is 0.767. The van der Waals surface area contributed by atoms with Crippen molar-refractivity contribution < 1.29 is 0 Å². The van der Waals surface area contributed by atoms with E-state index in [1.807, 2.05) is 48.5 Å². The average molecular weight is 275 g/mol. The van der Waals surface area contributed by atoms with Crippen molar-refractivity contribution in [1.82, 2.24) is 15.4 Å². The highest BCUT2D eigenvalue weighted by Crippen LogP contribution is 2.20. The SMILES string of the molecule is N#Cc1cccc(NCc2n[nH]nc2-c2ccccc2)c1. The third kappa shape index (κ3) is 2.90. The normalized spacial score (nSPS) is 10.0. The van der Waals surface area contributed by atoms with Crippen molar-refractivity contribution >= 4 is 5.69 Å². The van der Waals surface area contributed by atoms with Crippen LogP contribution in [0.5, 0.6) is 0 Å². The summed E-state index contributed by atoms with van der Waals surface area (Å²) in [7, 11) is 0. The highest BCUT2D eigenvalue weighted by Gasteiger charge is 2.09. The summed E-state index contributed by atoms with van der Waals surface area (Å²) in [6, 6.07) is 19.4. The van der Waals surface area contributed by atoms with Crippen LogP contribution in [0.25, 0.3) is 11.3 Å². The molecule has 3 aromatic rings. The Hall–Kier alpha value is -3.13. The number of nitrogens with zero attached hydrogens (tertiary/aromatic N) is 3. The van der Waals surface area contributed by atoms with Crippen molar-refractivity contribution in [2.24, 2.45) is 0 Å². The Bertz CT molecular complexity index is 771. The fourth-order valence-electron chi connectivity index (χ4n) is 2.09. The van der Waals surface area contributed by atoms with Crippen LogP contribution in [-0.4, -0.2) is 15.4 Å². The van der Waals surface area contributed by atoms with Crippen LogP contribution in [0.1, 0.15) is 11.3 Å². The van der Waals surface area contributed by atoms with Gasteiger partial charge in [-0.05, 0) is 18.2 Å². The van der Waals surface area contributed by atoms with Crippen LogP contribution >= 0.6 is 0 Å². The molecule has 5 nitrogen and oxygen atoms in total. The van der Waals surface area contributed by atoms with E-state index in [1.54, 1.807) is 6.07 Å². The zero-order valence-corrected chi connectivity index (χ0v) is 11.2. The molecular weight excluding hydrogens is 262 g/mol. The van der Waals surface area contributed by atoms with Crippen molar-refractivity contribution in [1.29, 1.82) is 5.26 Å². The smallest absolute Gasteiger partial charge is 0.117 e. The van der Waals surface area contributed by atoms with Gasteiger partial charge in [-0.3, -0.25) is 0 Å². The lowest BCUT2D eigenvalue weighted by Crippen LogP contribution is -2.01. The van der Waals surface area contributed by atoms with Crippen molar-refractivity contribution in [3.05, 3.63) is 65.9 Å². The highest BCUT2D eigenvalue weighted by molar-refractivity contribution is 5.61. The lowest BCUT2D eigenvalue weighted by atomic mass is 10.1. The number of hydrogen-bond acceptors (Lipinski definition) is 4. The summed E-state index contributed by atoms with van der Waals surface area (Å²) in [5, 5.41) is 23.2. The van der Waals surface area contributed by atoms with Gasteiger partial charge < -0.3 is 5.32 Å². The van der Waals surface area contributed by atoms with Crippen LogP contribution in [0.2, 0.25) is 0 Å². The Morgan fingerprint density at radius 3 is 2.71 bits per heavy atom. The minimum absolute atomic E-state index is 0.537. The monoisotopic (exact) mass is 275 g/mol. The molecule has 0 unspecified atom stereocenters. The fourth-order valence-corrected chi connectivity index (χ4v) is 2.09. The summed E-state index contributed by atoms with van der Waals surface area (Å²) >= 11 is 0. The number of rotatable bonds is 4. The van der Waals surface area contributed by atoms with Crippen LogP contribution in [0, 0.1) is 11.3 Å². The van der Waals surface area contributed by atoms with Gasteiger partial charge in [0.05, 0.1) is 18.2 Å². The maximum absolute atomic E-state index is 8.90. The van der Waals surface area contributed by atoms with Crippen molar-refractivity contribution in [2.45, 2.75) is 6.54 Å². The van der Waals surface area contributed by atoms with Crippen molar-refractivity contribution in [3.63, 3.8) is 0 Å². The molecule has 2 aromatic carbocycles. The molecule has 1 aromatic heterocycles. The molecule has 0 aliphatic heterocycles. The summed E-state index contributed by atoms with van der Waals surface area (Å²) in [6.45, 7) is 0.537. The molecule has 0 saturated heterocycles. The van der Waals surface area contributed by atoms with Crippen LogP contribution in [0.4, 0.5) is 5.69 Å². The topological polar surface area (TPSA) is 77.4 Å². The summed E-state index contributed by atoms with van der Waals surface area (Å²) in [5.41, 5.74) is 4.21. The van der Waals surface area contributed by atoms with E-state index in [1.165, 1.54) is 0 Å². The Kier molecular flexibility index (Phi) is 3.61. The second kappa shape index (κ2) is 5.88. The summed E-state index contributed by atoms with van der Waals surface area (Å²) in [5.74, 6) is 0. The van der Waals surface area contributed by atoms with E-state index >= 15 is 0 Å². The molecule has 0 aliphatic rings. The van der Waals surface area contributed by atoms with E-state index in [-0.39, 0.29) is 0 Å². The molecular formula is C16H13N5. The zero-order valence-electron chi connectivity index (χ0n) is 11.2. The Morgan fingerprint density at radius 1 is 1.05 bits per heavy atom. The first-order chi connectivity index (χ1) is 10.4. The first-order valence-electron chi connectivity index (χ1n) is 6.56. The highest BCUT2D eigenvalue weighted by atomic mass is 15.3. The number of H-pyrrole nitrogens is 1. The average Bonchev–Trinajstić information content (AvgIpc) is 3.02. The molecule has 0 saturated carbocycles. The van der Waals surface area contributed by atoms with Gasteiger partial charge >= 0.3 is 0 Å². The van der Waals surface area contributed by atoms with Gasteiger partial charge in [-0.1, -0.05) is 36.4 Å². The van der Waals surface area contributed by atoms with Crippen molar-refractivity contribution in [2.75, 3.05) is 5.32 Å². The maximum Gasteiger partial charge on any atom is 0.117 e. The van der Waals surface area contributed by atoms with Crippen molar-refractivity contribution in [3.8, 4) is 17.3 Å². The van der Waals surface area contributed by atoms with E-state index in [0.29, 0.717) is 12.1 Å². The molecule has 0 radical (unpaired) electrons. The molecule has 0 atom stereocenters. The largest absolute Gasteiger partial charge is 0.379 e. The van der Waals surface area contributed by atoms with Gasteiger partial charge in [-0.15, -0.1) is 0 Å². The molecule has 0 aliphatic carbocycles. The molecule has 0 fully saturated rings. The predicted octanol–water partition coefficient (Wildman–Crippen LogP) is 2.96.